The molecule has 7 nitrogen and oxygen atoms in total. The van der Waals surface area contributed by atoms with Crippen molar-refractivity contribution in [3.8, 4) is 11.5 Å². The third-order valence-corrected chi connectivity index (χ3v) is 8.03. The summed E-state index contributed by atoms with van der Waals surface area (Å²) in [7, 11) is 0. The standard InChI is InChI=1S/C17H11BrF6N2O2.C17H12BrF3N2O/c18-12-6-3-10(7-9-1-4-11(5-2-9)16(19,20)21)13(8-12)14(27)25-26-15(28)17(22,23)24;1-10-22-23-16(24-10)15-9-14(18)7-4-12(15)8-11-2-5-13(6-3-11)17(19,20)21/h1-6,8H,7H2,(H,25,27)(H,26,28);2-7,9H,8H2,1H3. The van der Waals surface area contributed by atoms with Crippen molar-refractivity contribution in [2.24, 2.45) is 0 Å². The van der Waals surface area contributed by atoms with Gasteiger partial charge in [-0.15, -0.1) is 10.2 Å². The first-order valence-electron chi connectivity index (χ1n) is 14.6. The van der Waals surface area contributed by atoms with Crippen molar-refractivity contribution < 1.29 is 53.5 Å². The van der Waals surface area contributed by atoms with Crippen LogP contribution in [0.15, 0.2) is 98.3 Å². The second kappa shape index (κ2) is 16.3. The summed E-state index contributed by atoms with van der Waals surface area (Å²) in [5.41, 5.74) is 4.56. The highest BCUT2D eigenvalue weighted by Crippen LogP contribution is 2.32. The van der Waals surface area contributed by atoms with Crippen molar-refractivity contribution in [2.45, 2.75) is 38.3 Å². The fourth-order valence-electron chi connectivity index (χ4n) is 4.54. The van der Waals surface area contributed by atoms with E-state index in [0.717, 1.165) is 45.4 Å². The number of carbonyl (C=O) groups excluding carboxylic acids is 2. The van der Waals surface area contributed by atoms with E-state index in [1.807, 2.05) is 18.2 Å². The summed E-state index contributed by atoms with van der Waals surface area (Å²) < 4.78 is 119. The molecule has 5 aromatic rings. The molecule has 2 N–H and O–H groups in total. The molecule has 18 heteroatoms. The predicted molar refractivity (Wildman–Crippen MR) is 176 cm³/mol. The summed E-state index contributed by atoms with van der Waals surface area (Å²) in [6, 6.07) is 19.3. The van der Waals surface area contributed by atoms with Crippen LogP contribution < -0.4 is 10.9 Å². The Kier molecular flexibility index (Phi) is 12.6. The Morgan fingerprint density at radius 3 is 1.60 bits per heavy atom. The summed E-state index contributed by atoms with van der Waals surface area (Å²) in [5, 5.41) is 7.84. The quantitative estimate of drug-likeness (QED) is 0.131. The molecule has 0 saturated heterocycles. The van der Waals surface area contributed by atoms with Crippen LogP contribution in [-0.2, 0) is 30.0 Å². The number of alkyl halides is 9. The smallest absolute Gasteiger partial charge is 0.421 e. The van der Waals surface area contributed by atoms with Crippen LogP contribution in [0.4, 0.5) is 39.5 Å². The fraction of sp³-hybridized carbons (Fsp3) is 0.176. The van der Waals surface area contributed by atoms with E-state index in [0.29, 0.717) is 33.8 Å². The lowest BCUT2D eigenvalue weighted by molar-refractivity contribution is -0.174. The fourth-order valence-corrected chi connectivity index (χ4v) is 5.26. The molecule has 0 aliphatic rings. The van der Waals surface area contributed by atoms with Crippen LogP contribution in [-0.4, -0.2) is 28.2 Å². The van der Waals surface area contributed by atoms with E-state index < -0.39 is 41.5 Å². The molecule has 1 heterocycles. The third kappa shape index (κ3) is 11.1. The number of aryl methyl sites for hydroxylation is 1. The van der Waals surface area contributed by atoms with Gasteiger partial charge in [0.05, 0.1) is 11.1 Å². The van der Waals surface area contributed by atoms with Crippen molar-refractivity contribution in [2.75, 3.05) is 0 Å². The molecule has 0 radical (unpaired) electrons. The molecule has 0 aliphatic carbocycles. The maximum atomic E-state index is 12.6. The molecule has 0 bridgehead atoms. The normalized spacial score (nSPS) is 11.8. The molecular formula is C34H23Br2F9N4O3. The third-order valence-electron chi connectivity index (χ3n) is 7.04. The summed E-state index contributed by atoms with van der Waals surface area (Å²) in [5.74, 6) is -2.53. The van der Waals surface area contributed by atoms with E-state index in [2.05, 4.69) is 42.1 Å². The molecule has 0 fully saturated rings. The second-order valence-corrected chi connectivity index (χ2v) is 12.7. The zero-order chi connectivity index (χ0) is 38.4. The summed E-state index contributed by atoms with van der Waals surface area (Å²) in [6.45, 7) is 1.70. The Bertz CT molecular complexity index is 2030. The molecule has 274 valence electrons. The van der Waals surface area contributed by atoms with Crippen molar-refractivity contribution in [3.63, 3.8) is 0 Å². The molecular weight excluding hydrogens is 843 g/mol. The topological polar surface area (TPSA) is 97.1 Å². The van der Waals surface area contributed by atoms with Crippen molar-refractivity contribution in [3.05, 3.63) is 139 Å². The first-order valence-corrected chi connectivity index (χ1v) is 16.2. The van der Waals surface area contributed by atoms with Gasteiger partial charge in [0.1, 0.15) is 0 Å². The van der Waals surface area contributed by atoms with Gasteiger partial charge in [-0.05, 0) is 83.6 Å². The number of halogens is 11. The zero-order valence-corrected chi connectivity index (χ0v) is 29.4. The molecule has 0 saturated carbocycles. The van der Waals surface area contributed by atoms with Gasteiger partial charge < -0.3 is 4.42 Å². The molecule has 2 amide bonds. The zero-order valence-electron chi connectivity index (χ0n) is 26.3. The summed E-state index contributed by atoms with van der Waals surface area (Å²) >= 11 is 6.52. The number of rotatable bonds is 6. The number of amides is 2. The number of hydrogen-bond acceptors (Lipinski definition) is 5. The van der Waals surface area contributed by atoms with E-state index in [-0.39, 0.29) is 12.0 Å². The molecule has 52 heavy (non-hydrogen) atoms. The molecule has 0 atom stereocenters. The lowest BCUT2D eigenvalue weighted by Gasteiger charge is -2.13. The van der Waals surface area contributed by atoms with Gasteiger partial charge in [-0.25, -0.2) is 0 Å². The molecule has 0 unspecified atom stereocenters. The maximum Gasteiger partial charge on any atom is 0.472 e. The van der Waals surface area contributed by atoms with E-state index >= 15 is 0 Å². The summed E-state index contributed by atoms with van der Waals surface area (Å²) in [6.07, 6.45) is -13.5. The number of carbonyl (C=O) groups is 2. The monoisotopic (exact) mass is 864 g/mol. The average Bonchev–Trinajstić information content (AvgIpc) is 3.50. The predicted octanol–water partition coefficient (Wildman–Crippen LogP) is 9.80. The SMILES string of the molecule is Cc1nnc(-c2cc(Br)ccc2Cc2ccc(C(F)(F)F)cc2)o1.O=C(NNC(=O)C(F)(F)F)c1cc(Br)ccc1Cc1ccc(C(F)(F)F)cc1. The Labute approximate surface area is 305 Å². The van der Waals surface area contributed by atoms with Gasteiger partial charge in [0.15, 0.2) is 0 Å². The highest BCUT2D eigenvalue weighted by atomic mass is 79.9. The minimum atomic E-state index is -5.17. The van der Waals surface area contributed by atoms with Crippen LogP contribution in [0.5, 0.6) is 0 Å². The first-order chi connectivity index (χ1) is 24.2. The van der Waals surface area contributed by atoms with Crippen LogP contribution in [0.1, 0.15) is 49.6 Å². The average molecular weight is 866 g/mol. The number of aromatic nitrogens is 2. The minimum absolute atomic E-state index is 0.0430. The number of benzene rings is 4. The Morgan fingerprint density at radius 2 is 1.13 bits per heavy atom. The number of hydrogen-bond donors (Lipinski definition) is 2. The second-order valence-electron chi connectivity index (χ2n) is 10.9. The van der Waals surface area contributed by atoms with E-state index in [1.165, 1.54) is 41.8 Å². The Hall–Kier alpha value is -4.71. The number of nitrogens with zero attached hydrogens (tertiary/aromatic N) is 2. The Balaban J connectivity index is 0.000000235. The number of hydrazine groups is 1. The van der Waals surface area contributed by atoms with Gasteiger partial charge in [-0.1, -0.05) is 68.3 Å². The van der Waals surface area contributed by atoms with Crippen molar-refractivity contribution in [1.29, 1.82) is 0 Å². The molecule has 4 aromatic carbocycles. The first kappa shape index (κ1) is 40.1. The largest absolute Gasteiger partial charge is 0.472 e. The Morgan fingerprint density at radius 1 is 0.654 bits per heavy atom. The lowest BCUT2D eigenvalue weighted by Crippen LogP contribution is -2.47. The van der Waals surface area contributed by atoms with E-state index in [9.17, 15) is 49.1 Å². The maximum absolute atomic E-state index is 12.6. The molecule has 5 rings (SSSR count). The van der Waals surface area contributed by atoms with E-state index in [4.69, 9.17) is 4.42 Å². The van der Waals surface area contributed by atoms with Gasteiger partial charge in [-0.3, -0.25) is 20.4 Å². The molecule has 1 aromatic heterocycles. The minimum Gasteiger partial charge on any atom is -0.421 e. The molecule has 0 aliphatic heterocycles. The van der Waals surface area contributed by atoms with Crippen LogP contribution in [0.2, 0.25) is 0 Å². The van der Waals surface area contributed by atoms with Crippen molar-refractivity contribution in [1.82, 2.24) is 21.0 Å². The van der Waals surface area contributed by atoms with E-state index in [1.54, 1.807) is 18.4 Å². The molecule has 0 spiro atoms. The van der Waals surface area contributed by atoms with Crippen LogP contribution in [0.3, 0.4) is 0 Å². The van der Waals surface area contributed by atoms with Crippen LogP contribution >= 0.6 is 31.9 Å². The van der Waals surface area contributed by atoms with Gasteiger partial charge in [0, 0.05) is 27.0 Å². The lowest BCUT2D eigenvalue weighted by atomic mass is 9.98. The van der Waals surface area contributed by atoms with Gasteiger partial charge in [0.25, 0.3) is 5.91 Å². The van der Waals surface area contributed by atoms with Gasteiger partial charge in [-0.2, -0.15) is 39.5 Å². The highest BCUT2D eigenvalue weighted by molar-refractivity contribution is 9.10. The van der Waals surface area contributed by atoms with Crippen LogP contribution in [0, 0.1) is 6.92 Å². The number of nitrogens with one attached hydrogen (secondary N) is 2. The van der Waals surface area contributed by atoms with Crippen LogP contribution in [0.25, 0.3) is 11.5 Å². The van der Waals surface area contributed by atoms with Gasteiger partial charge in [0.2, 0.25) is 11.8 Å². The summed E-state index contributed by atoms with van der Waals surface area (Å²) in [4.78, 5) is 23.0. The van der Waals surface area contributed by atoms with Gasteiger partial charge >= 0.3 is 24.4 Å². The highest BCUT2D eigenvalue weighted by Gasteiger charge is 2.39. The van der Waals surface area contributed by atoms with Crippen molar-refractivity contribution >= 4 is 43.7 Å².